The number of allylic oxidation sites excluding steroid dienone is 2. The van der Waals surface area contributed by atoms with E-state index < -0.39 is 12.1 Å². The van der Waals surface area contributed by atoms with Gasteiger partial charge in [0.25, 0.3) is 0 Å². The van der Waals surface area contributed by atoms with Crippen molar-refractivity contribution < 1.29 is 24.5 Å². The maximum absolute atomic E-state index is 12.5. The molecular formula is C69H135NO5. The molecule has 0 bridgehead atoms. The Hall–Kier alpha value is -1.40. The Labute approximate surface area is 469 Å². The third kappa shape index (κ3) is 61.7. The minimum absolute atomic E-state index is 0.0152. The number of carbonyl (C=O) groups excluding carboxylic acids is 2. The van der Waals surface area contributed by atoms with Gasteiger partial charge in [0.15, 0.2) is 0 Å². The molecule has 0 aromatic rings. The van der Waals surface area contributed by atoms with Crippen molar-refractivity contribution in [1.29, 1.82) is 0 Å². The van der Waals surface area contributed by atoms with Gasteiger partial charge in [0.2, 0.25) is 5.91 Å². The van der Waals surface area contributed by atoms with Crippen LogP contribution in [0.5, 0.6) is 0 Å². The molecule has 75 heavy (non-hydrogen) atoms. The number of nitrogens with one attached hydrogen (secondary N) is 1. The molecule has 0 saturated carbocycles. The smallest absolute Gasteiger partial charge is 0.305 e. The fourth-order valence-electron chi connectivity index (χ4n) is 11.1. The van der Waals surface area contributed by atoms with Gasteiger partial charge in [0, 0.05) is 12.8 Å². The van der Waals surface area contributed by atoms with E-state index in [2.05, 4.69) is 31.3 Å². The normalized spacial score (nSPS) is 12.5. The standard InChI is InChI=1S/C69H135NO5/c1-3-5-7-9-11-13-15-17-18-19-20-26-29-32-35-38-41-45-49-53-57-61-67(72)66(65-71)70-68(73)62-58-54-50-46-42-39-36-33-30-27-24-22-21-23-25-28-31-34-37-40-44-48-52-56-60-64-75-69(74)63-59-55-51-47-43-16-14-12-10-8-6-4-2/h22,24,66-67,71-72H,3-21,23,25-65H2,1-2H3,(H,70,73)/b24-22-. The SMILES string of the molecule is CCCCCCCCCCCCCCCCCCCCCCCC(O)C(CO)NC(=O)CCCCCCCCCCC/C=C\CCCCCCCCCCCCCCOC(=O)CCCCCCCCCCCCCC. The van der Waals surface area contributed by atoms with E-state index in [-0.39, 0.29) is 18.5 Å². The first-order valence-electron chi connectivity index (χ1n) is 34.4. The van der Waals surface area contributed by atoms with E-state index >= 15 is 0 Å². The van der Waals surface area contributed by atoms with Crippen LogP contribution in [0.25, 0.3) is 0 Å². The number of hydrogen-bond donors (Lipinski definition) is 3. The second-order valence-corrected chi connectivity index (χ2v) is 23.9. The average molecular weight is 1060 g/mol. The number of esters is 1. The summed E-state index contributed by atoms with van der Waals surface area (Å²) in [5.41, 5.74) is 0. The van der Waals surface area contributed by atoms with Crippen LogP contribution >= 0.6 is 0 Å². The molecule has 446 valence electrons. The molecule has 0 saturated heterocycles. The second kappa shape index (κ2) is 65.1. The Balaban J connectivity index is 3.39. The highest BCUT2D eigenvalue weighted by atomic mass is 16.5. The summed E-state index contributed by atoms with van der Waals surface area (Å²) in [4.78, 5) is 24.6. The van der Waals surface area contributed by atoms with Crippen molar-refractivity contribution >= 4 is 11.9 Å². The molecule has 6 nitrogen and oxygen atoms in total. The highest BCUT2D eigenvalue weighted by molar-refractivity contribution is 5.76. The second-order valence-electron chi connectivity index (χ2n) is 23.9. The first-order valence-corrected chi connectivity index (χ1v) is 34.4. The van der Waals surface area contributed by atoms with Gasteiger partial charge in [0.05, 0.1) is 25.4 Å². The van der Waals surface area contributed by atoms with Gasteiger partial charge in [0.1, 0.15) is 0 Å². The molecule has 2 unspecified atom stereocenters. The van der Waals surface area contributed by atoms with E-state index in [0.29, 0.717) is 25.9 Å². The lowest BCUT2D eigenvalue weighted by Crippen LogP contribution is -2.45. The van der Waals surface area contributed by atoms with E-state index in [1.807, 2.05) is 0 Å². The fraction of sp³-hybridized carbons (Fsp3) is 0.942. The number of aliphatic hydroxyl groups excluding tert-OH is 2. The summed E-state index contributed by atoms with van der Waals surface area (Å²) in [7, 11) is 0. The van der Waals surface area contributed by atoms with E-state index in [9.17, 15) is 19.8 Å². The van der Waals surface area contributed by atoms with E-state index in [1.165, 1.54) is 321 Å². The maximum atomic E-state index is 12.5. The van der Waals surface area contributed by atoms with Gasteiger partial charge in [-0.05, 0) is 51.4 Å². The summed E-state index contributed by atoms with van der Waals surface area (Å²) >= 11 is 0. The van der Waals surface area contributed by atoms with Gasteiger partial charge in [-0.15, -0.1) is 0 Å². The Kier molecular flexibility index (Phi) is 63.9. The number of rotatable bonds is 65. The number of carbonyl (C=O) groups is 2. The van der Waals surface area contributed by atoms with Crippen molar-refractivity contribution in [3.63, 3.8) is 0 Å². The molecule has 0 radical (unpaired) electrons. The van der Waals surface area contributed by atoms with Crippen LogP contribution in [0.4, 0.5) is 0 Å². The molecule has 6 heteroatoms. The third-order valence-corrected chi connectivity index (χ3v) is 16.3. The summed E-state index contributed by atoms with van der Waals surface area (Å²) in [6, 6.07) is -0.544. The van der Waals surface area contributed by atoms with Crippen LogP contribution in [0.3, 0.4) is 0 Å². The van der Waals surface area contributed by atoms with Gasteiger partial charge < -0.3 is 20.3 Å². The molecule has 0 heterocycles. The molecule has 1 amide bonds. The maximum Gasteiger partial charge on any atom is 0.305 e. The summed E-state index contributed by atoms with van der Waals surface area (Å²) in [6.07, 6.45) is 79.6. The van der Waals surface area contributed by atoms with E-state index in [4.69, 9.17) is 4.74 Å². The fourth-order valence-corrected chi connectivity index (χ4v) is 11.1. The lowest BCUT2D eigenvalue weighted by atomic mass is 10.0. The molecule has 2 atom stereocenters. The summed E-state index contributed by atoms with van der Waals surface area (Å²) in [6.45, 7) is 4.99. The highest BCUT2D eigenvalue weighted by Gasteiger charge is 2.20. The molecule has 0 aromatic heterocycles. The highest BCUT2D eigenvalue weighted by Crippen LogP contribution is 2.19. The van der Waals surface area contributed by atoms with Crippen molar-refractivity contribution in [2.45, 2.75) is 405 Å². The monoisotopic (exact) mass is 1060 g/mol. The zero-order valence-electron chi connectivity index (χ0n) is 51.1. The molecule has 0 aromatic carbocycles. The molecular weight excluding hydrogens is 923 g/mol. The summed E-state index contributed by atoms with van der Waals surface area (Å²) in [5, 5.41) is 23.4. The van der Waals surface area contributed by atoms with Gasteiger partial charge in [-0.2, -0.15) is 0 Å². The third-order valence-electron chi connectivity index (χ3n) is 16.3. The lowest BCUT2D eigenvalue weighted by molar-refractivity contribution is -0.143. The van der Waals surface area contributed by atoms with Crippen LogP contribution in [0.15, 0.2) is 12.2 Å². The first kappa shape index (κ1) is 73.6. The van der Waals surface area contributed by atoms with Crippen LogP contribution in [0, 0.1) is 0 Å². The number of unbranched alkanes of at least 4 members (excludes halogenated alkanes) is 52. The number of aliphatic hydroxyl groups is 2. The molecule has 0 spiro atoms. The van der Waals surface area contributed by atoms with Crippen LogP contribution in [-0.4, -0.2) is 47.4 Å². The number of amides is 1. The predicted molar refractivity (Wildman–Crippen MR) is 329 cm³/mol. The van der Waals surface area contributed by atoms with Crippen molar-refractivity contribution in [2.24, 2.45) is 0 Å². The quantitative estimate of drug-likeness (QED) is 0.0320. The topological polar surface area (TPSA) is 95.9 Å². The predicted octanol–water partition coefficient (Wildman–Crippen LogP) is 22.0. The summed E-state index contributed by atoms with van der Waals surface area (Å²) in [5.74, 6) is -0.0182. The Morgan fingerprint density at radius 3 is 0.947 bits per heavy atom. The van der Waals surface area contributed by atoms with Gasteiger partial charge in [-0.3, -0.25) is 9.59 Å². The van der Waals surface area contributed by atoms with Crippen LogP contribution in [0.2, 0.25) is 0 Å². The van der Waals surface area contributed by atoms with Crippen LogP contribution in [0.1, 0.15) is 393 Å². The largest absolute Gasteiger partial charge is 0.466 e. The minimum atomic E-state index is -0.666. The van der Waals surface area contributed by atoms with Crippen molar-refractivity contribution in [1.82, 2.24) is 5.32 Å². The van der Waals surface area contributed by atoms with Crippen molar-refractivity contribution in [3.05, 3.63) is 12.2 Å². The molecule has 0 aliphatic carbocycles. The van der Waals surface area contributed by atoms with Crippen molar-refractivity contribution in [2.75, 3.05) is 13.2 Å². The van der Waals surface area contributed by atoms with Crippen molar-refractivity contribution in [3.8, 4) is 0 Å². The number of ether oxygens (including phenoxy) is 1. The van der Waals surface area contributed by atoms with Gasteiger partial charge >= 0.3 is 5.97 Å². The number of hydrogen-bond acceptors (Lipinski definition) is 5. The van der Waals surface area contributed by atoms with E-state index in [1.54, 1.807) is 0 Å². The minimum Gasteiger partial charge on any atom is -0.466 e. The molecule has 0 aliphatic heterocycles. The Morgan fingerprint density at radius 1 is 0.360 bits per heavy atom. The lowest BCUT2D eigenvalue weighted by Gasteiger charge is -2.22. The Morgan fingerprint density at radius 2 is 0.627 bits per heavy atom. The zero-order chi connectivity index (χ0) is 54.3. The Bertz CT molecular complexity index is 1130. The van der Waals surface area contributed by atoms with Gasteiger partial charge in [-0.1, -0.05) is 341 Å². The first-order chi connectivity index (χ1) is 37.0. The van der Waals surface area contributed by atoms with Gasteiger partial charge in [-0.25, -0.2) is 0 Å². The molecule has 3 N–H and O–H groups in total. The average Bonchev–Trinajstić information content (AvgIpc) is 3.41. The van der Waals surface area contributed by atoms with Crippen LogP contribution < -0.4 is 5.32 Å². The molecule has 0 fully saturated rings. The van der Waals surface area contributed by atoms with Crippen LogP contribution in [-0.2, 0) is 14.3 Å². The molecule has 0 aliphatic rings. The molecule has 0 rings (SSSR count). The zero-order valence-corrected chi connectivity index (χ0v) is 51.1. The van der Waals surface area contributed by atoms with E-state index in [0.717, 1.165) is 38.5 Å². The summed E-state index contributed by atoms with van der Waals surface area (Å²) < 4.78 is 5.48.